The van der Waals surface area contributed by atoms with Gasteiger partial charge in [-0.2, -0.15) is 12.7 Å². The number of morpholine rings is 1. The topological polar surface area (TPSA) is 96.5 Å². The lowest BCUT2D eigenvalue weighted by Gasteiger charge is -2.34. The highest BCUT2D eigenvalue weighted by Crippen LogP contribution is 2.23. The van der Waals surface area contributed by atoms with Crippen LogP contribution >= 0.6 is 11.3 Å². The van der Waals surface area contributed by atoms with Crippen molar-refractivity contribution in [3.05, 3.63) is 29.8 Å². The van der Waals surface area contributed by atoms with E-state index >= 15 is 0 Å². The van der Waals surface area contributed by atoms with Crippen molar-refractivity contribution >= 4 is 26.7 Å². The number of hydrogen-bond acceptors (Lipinski definition) is 7. The molecular formula is C19H29N5O3S2. The lowest BCUT2D eigenvalue weighted by atomic mass is 10.2. The lowest BCUT2D eigenvalue weighted by molar-refractivity contribution is -0.0443. The van der Waals surface area contributed by atoms with Crippen LogP contribution in [0.4, 0.5) is 5.13 Å². The molecule has 0 radical (unpaired) electrons. The summed E-state index contributed by atoms with van der Waals surface area (Å²) in [6.45, 7) is 5.85. The summed E-state index contributed by atoms with van der Waals surface area (Å²) >= 11 is 1.56. The SMILES string of the molecule is CC1CN(S(=O)(=O)NCCCCCNc2nc(-c3ccccn3)cs2)CC(C)O1. The number of anilines is 1. The quantitative estimate of drug-likeness (QED) is 0.553. The molecule has 2 atom stereocenters. The van der Waals surface area contributed by atoms with Crippen molar-refractivity contribution in [2.45, 2.75) is 45.3 Å². The molecule has 2 aromatic rings. The van der Waals surface area contributed by atoms with Gasteiger partial charge < -0.3 is 10.1 Å². The van der Waals surface area contributed by atoms with E-state index in [4.69, 9.17) is 4.74 Å². The smallest absolute Gasteiger partial charge is 0.279 e. The summed E-state index contributed by atoms with van der Waals surface area (Å²) in [7, 11) is -3.44. The molecule has 0 aliphatic carbocycles. The molecule has 10 heteroatoms. The molecule has 0 spiro atoms. The number of ether oxygens (including phenoxy) is 1. The summed E-state index contributed by atoms with van der Waals surface area (Å²) in [6, 6.07) is 5.78. The zero-order chi connectivity index (χ0) is 20.7. The van der Waals surface area contributed by atoms with Crippen LogP contribution in [0.1, 0.15) is 33.1 Å². The molecule has 2 N–H and O–H groups in total. The van der Waals surface area contributed by atoms with Crippen LogP contribution in [0.3, 0.4) is 0 Å². The fourth-order valence-electron chi connectivity index (χ4n) is 3.23. The van der Waals surface area contributed by atoms with Gasteiger partial charge in [0.2, 0.25) is 0 Å². The first-order chi connectivity index (χ1) is 13.9. The Morgan fingerprint density at radius 1 is 1.14 bits per heavy atom. The number of pyridine rings is 1. The molecular weight excluding hydrogens is 410 g/mol. The molecule has 1 fully saturated rings. The van der Waals surface area contributed by atoms with Gasteiger partial charge in [0.15, 0.2) is 5.13 Å². The normalized spacial score (nSPS) is 20.6. The van der Waals surface area contributed by atoms with Crippen LogP contribution in [0.15, 0.2) is 29.8 Å². The second-order valence-electron chi connectivity index (χ2n) is 7.21. The molecule has 1 aliphatic heterocycles. The molecule has 3 rings (SSSR count). The van der Waals surface area contributed by atoms with Gasteiger partial charge in [-0.1, -0.05) is 12.5 Å². The van der Waals surface area contributed by atoms with E-state index in [0.717, 1.165) is 42.3 Å². The summed E-state index contributed by atoms with van der Waals surface area (Å²) in [4.78, 5) is 8.85. The number of thiazole rings is 1. The van der Waals surface area contributed by atoms with Crippen molar-refractivity contribution in [3.8, 4) is 11.4 Å². The van der Waals surface area contributed by atoms with E-state index in [1.165, 1.54) is 4.31 Å². The Morgan fingerprint density at radius 2 is 1.90 bits per heavy atom. The second kappa shape index (κ2) is 10.4. The number of nitrogens with one attached hydrogen (secondary N) is 2. The summed E-state index contributed by atoms with van der Waals surface area (Å²) in [5.41, 5.74) is 1.74. The minimum atomic E-state index is -3.44. The van der Waals surface area contributed by atoms with Crippen molar-refractivity contribution in [2.24, 2.45) is 0 Å². The maximum atomic E-state index is 12.4. The summed E-state index contributed by atoms with van der Waals surface area (Å²) in [5.74, 6) is 0. The zero-order valence-electron chi connectivity index (χ0n) is 16.9. The Morgan fingerprint density at radius 3 is 2.62 bits per heavy atom. The molecule has 2 unspecified atom stereocenters. The summed E-state index contributed by atoms with van der Waals surface area (Å²) in [5, 5.41) is 6.19. The van der Waals surface area contributed by atoms with Gasteiger partial charge in [0, 0.05) is 37.8 Å². The van der Waals surface area contributed by atoms with Crippen molar-refractivity contribution in [1.82, 2.24) is 19.0 Å². The van der Waals surface area contributed by atoms with Gasteiger partial charge in [-0.05, 0) is 38.8 Å². The standard InChI is InChI=1S/C19H29N5O3S2/c1-15-12-24(13-16(2)27-15)29(25,26)22-11-6-3-5-10-21-19-23-18(14-28-19)17-8-4-7-9-20-17/h4,7-9,14-16,22H,3,5-6,10-13H2,1-2H3,(H,21,23). The van der Waals surface area contributed by atoms with E-state index < -0.39 is 10.2 Å². The number of unbranched alkanes of at least 4 members (excludes halogenated alkanes) is 2. The summed E-state index contributed by atoms with van der Waals surface area (Å²) in [6.07, 6.45) is 4.29. The largest absolute Gasteiger partial charge is 0.373 e. The number of nitrogens with zero attached hydrogens (tertiary/aromatic N) is 3. The first kappa shape index (κ1) is 22.1. The van der Waals surface area contributed by atoms with Gasteiger partial charge in [-0.3, -0.25) is 4.98 Å². The number of hydrogen-bond donors (Lipinski definition) is 2. The van der Waals surface area contributed by atoms with Gasteiger partial charge in [0.25, 0.3) is 10.2 Å². The molecule has 2 aromatic heterocycles. The van der Waals surface area contributed by atoms with E-state index in [0.29, 0.717) is 19.6 Å². The Hall–Kier alpha value is -1.59. The fraction of sp³-hybridized carbons (Fsp3) is 0.579. The number of rotatable bonds is 10. The van der Waals surface area contributed by atoms with Crippen LogP contribution in [0, 0.1) is 0 Å². The van der Waals surface area contributed by atoms with Crippen LogP contribution in [0.25, 0.3) is 11.4 Å². The van der Waals surface area contributed by atoms with E-state index in [1.807, 2.05) is 37.4 Å². The maximum absolute atomic E-state index is 12.4. The van der Waals surface area contributed by atoms with Gasteiger partial charge in [-0.25, -0.2) is 9.71 Å². The lowest BCUT2D eigenvalue weighted by Crippen LogP contribution is -2.52. The third kappa shape index (κ3) is 6.71. The third-order valence-electron chi connectivity index (χ3n) is 4.57. The summed E-state index contributed by atoms with van der Waals surface area (Å²) < 4.78 is 34.6. The van der Waals surface area contributed by atoms with Gasteiger partial charge >= 0.3 is 0 Å². The van der Waals surface area contributed by atoms with Crippen molar-refractivity contribution in [3.63, 3.8) is 0 Å². The molecule has 8 nitrogen and oxygen atoms in total. The van der Waals surface area contributed by atoms with E-state index in [-0.39, 0.29) is 12.2 Å². The highest BCUT2D eigenvalue weighted by Gasteiger charge is 2.30. The Labute approximate surface area is 176 Å². The minimum Gasteiger partial charge on any atom is -0.373 e. The van der Waals surface area contributed by atoms with Crippen LogP contribution in [-0.4, -0.2) is 61.1 Å². The molecule has 0 saturated carbocycles. The monoisotopic (exact) mass is 439 g/mol. The highest BCUT2D eigenvalue weighted by atomic mass is 32.2. The minimum absolute atomic E-state index is 0.0783. The zero-order valence-corrected chi connectivity index (χ0v) is 18.5. The molecule has 160 valence electrons. The van der Waals surface area contributed by atoms with Crippen molar-refractivity contribution in [1.29, 1.82) is 0 Å². The second-order valence-corrected chi connectivity index (χ2v) is 9.83. The van der Waals surface area contributed by atoms with Crippen LogP contribution in [0.2, 0.25) is 0 Å². The average molecular weight is 440 g/mol. The van der Waals surface area contributed by atoms with Gasteiger partial charge in [0.1, 0.15) is 5.69 Å². The average Bonchev–Trinajstić information content (AvgIpc) is 3.16. The Bertz CT molecular complexity index is 850. The molecule has 0 aromatic carbocycles. The molecule has 1 aliphatic rings. The molecule has 3 heterocycles. The molecule has 29 heavy (non-hydrogen) atoms. The predicted molar refractivity (Wildman–Crippen MR) is 116 cm³/mol. The van der Waals surface area contributed by atoms with E-state index in [1.54, 1.807) is 17.5 Å². The Kier molecular flexibility index (Phi) is 7.96. The van der Waals surface area contributed by atoms with E-state index in [2.05, 4.69) is 20.0 Å². The highest BCUT2D eigenvalue weighted by molar-refractivity contribution is 7.87. The fourth-order valence-corrected chi connectivity index (χ4v) is 5.36. The molecule has 0 amide bonds. The van der Waals surface area contributed by atoms with Crippen LogP contribution in [-0.2, 0) is 14.9 Å². The van der Waals surface area contributed by atoms with Gasteiger partial charge in [-0.15, -0.1) is 11.3 Å². The third-order valence-corrected chi connectivity index (χ3v) is 6.92. The van der Waals surface area contributed by atoms with Crippen molar-refractivity contribution < 1.29 is 13.2 Å². The molecule has 0 bridgehead atoms. The first-order valence-corrected chi connectivity index (χ1v) is 12.3. The van der Waals surface area contributed by atoms with Gasteiger partial charge in [0.05, 0.1) is 17.9 Å². The molecule has 1 saturated heterocycles. The van der Waals surface area contributed by atoms with Crippen molar-refractivity contribution in [2.75, 3.05) is 31.5 Å². The van der Waals surface area contributed by atoms with Crippen LogP contribution in [0.5, 0.6) is 0 Å². The first-order valence-electron chi connectivity index (χ1n) is 9.95. The van der Waals surface area contributed by atoms with Crippen LogP contribution < -0.4 is 10.0 Å². The maximum Gasteiger partial charge on any atom is 0.279 e. The Balaban J connectivity index is 1.31. The van der Waals surface area contributed by atoms with E-state index in [9.17, 15) is 8.42 Å². The predicted octanol–water partition coefficient (Wildman–Crippen LogP) is 2.73. The number of aromatic nitrogens is 2.